The lowest BCUT2D eigenvalue weighted by Crippen LogP contribution is -3.13. The third kappa shape index (κ3) is 2.85. The number of ether oxygens (including phenoxy) is 2. The first-order valence-electron chi connectivity index (χ1n) is 9.73. The summed E-state index contributed by atoms with van der Waals surface area (Å²) in [5.74, 6) is 2.72. The average molecular weight is 308 g/mol. The van der Waals surface area contributed by atoms with Gasteiger partial charge in [-0.3, -0.25) is 0 Å². The molecule has 0 radical (unpaired) electrons. The fraction of sp³-hybridized carbons (Fsp3) is 1.00. The Morgan fingerprint density at radius 2 is 1.91 bits per heavy atom. The molecule has 2 aliphatic heterocycles. The van der Waals surface area contributed by atoms with Crippen LogP contribution in [0.2, 0.25) is 0 Å². The van der Waals surface area contributed by atoms with Crippen molar-refractivity contribution in [2.45, 2.75) is 71.2 Å². The van der Waals surface area contributed by atoms with Crippen molar-refractivity contribution in [2.75, 3.05) is 26.2 Å². The van der Waals surface area contributed by atoms with Crippen LogP contribution in [0.5, 0.6) is 0 Å². The minimum atomic E-state index is 0.0813. The maximum atomic E-state index is 6.28. The minimum absolute atomic E-state index is 0.0813. The number of quaternary nitrogens is 1. The Kier molecular flexibility index (Phi) is 4.25. The van der Waals surface area contributed by atoms with Gasteiger partial charge in [-0.15, -0.1) is 0 Å². The summed E-state index contributed by atoms with van der Waals surface area (Å²) in [4.78, 5) is 1.74. The standard InChI is InChI=1S/C19H33NO2/c1-19(2)15-7-6-14(10-15)17(19)11-18-21-13-16(22-18)12-20-8-4-3-5-9-20/h14-18H,3-13H2,1-2H3/p+1/t14-,15+,16+,17-,18-/m1/s1. The van der Waals surface area contributed by atoms with Gasteiger partial charge in [0, 0.05) is 6.42 Å². The predicted octanol–water partition coefficient (Wildman–Crippen LogP) is 2.26. The second kappa shape index (κ2) is 6.07. The molecule has 0 unspecified atom stereocenters. The summed E-state index contributed by atoms with van der Waals surface area (Å²) in [6, 6.07) is 0. The van der Waals surface area contributed by atoms with E-state index in [4.69, 9.17) is 9.47 Å². The summed E-state index contributed by atoms with van der Waals surface area (Å²) >= 11 is 0. The first-order valence-corrected chi connectivity index (χ1v) is 9.73. The van der Waals surface area contributed by atoms with E-state index < -0.39 is 0 Å². The first kappa shape index (κ1) is 15.4. The number of rotatable bonds is 4. The molecule has 2 bridgehead atoms. The molecule has 0 amide bonds. The van der Waals surface area contributed by atoms with E-state index in [2.05, 4.69) is 13.8 Å². The van der Waals surface area contributed by atoms with Gasteiger partial charge in [0.25, 0.3) is 0 Å². The Hall–Kier alpha value is -0.120. The number of hydrogen-bond donors (Lipinski definition) is 1. The van der Waals surface area contributed by atoms with Crippen LogP contribution in [0.25, 0.3) is 0 Å². The van der Waals surface area contributed by atoms with Crippen molar-refractivity contribution in [1.29, 1.82) is 0 Å². The van der Waals surface area contributed by atoms with Crippen molar-refractivity contribution in [2.24, 2.45) is 23.2 Å². The van der Waals surface area contributed by atoms with Gasteiger partial charge in [-0.2, -0.15) is 0 Å². The molecule has 126 valence electrons. The van der Waals surface area contributed by atoms with E-state index >= 15 is 0 Å². The fourth-order valence-corrected chi connectivity index (χ4v) is 5.99. The lowest BCUT2D eigenvalue weighted by atomic mass is 9.67. The molecule has 0 aromatic rings. The second-order valence-electron chi connectivity index (χ2n) is 8.97. The number of piperidine rings is 1. The Labute approximate surface area is 135 Å². The van der Waals surface area contributed by atoms with E-state index in [1.807, 2.05) is 0 Å². The van der Waals surface area contributed by atoms with Gasteiger partial charge in [-0.25, -0.2) is 0 Å². The van der Waals surface area contributed by atoms with Gasteiger partial charge >= 0.3 is 0 Å². The van der Waals surface area contributed by atoms with Gasteiger partial charge in [0.15, 0.2) is 6.29 Å². The monoisotopic (exact) mass is 308 g/mol. The summed E-state index contributed by atoms with van der Waals surface area (Å²) in [5.41, 5.74) is 0.506. The molecule has 2 heterocycles. The van der Waals surface area contributed by atoms with Crippen molar-refractivity contribution in [3.63, 3.8) is 0 Å². The highest BCUT2D eigenvalue weighted by atomic mass is 16.7. The van der Waals surface area contributed by atoms with Crippen LogP contribution in [0.3, 0.4) is 0 Å². The van der Waals surface area contributed by atoms with Gasteiger partial charge in [0.2, 0.25) is 0 Å². The van der Waals surface area contributed by atoms with Gasteiger partial charge < -0.3 is 14.4 Å². The highest BCUT2D eigenvalue weighted by Gasteiger charge is 2.53. The van der Waals surface area contributed by atoms with Crippen LogP contribution in [0.4, 0.5) is 0 Å². The topological polar surface area (TPSA) is 22.9 Å². The third-order valence-electron chi connectivity index (χ3n) is 7.39. The highest BCUT2D eigenvalue weighted by Crippen LogP contribution is 2.60. The van der Waals surface area contributed by atoms with Crippen molar-refractivity contribution in [1.82, 2.24) is 0 Å². The third-order valence-corrected chi connectivity index (χ3v) is 7.39. The van der Waals surface area contributed by atoms with Crippen LogP contribution in [0, 0.1) is 23.2 Å². The van der Waals surface area contributed by atoms with Gasteiger partial charge in [-0.05, 0) is 61.7 Å². The average Bonchev–Trinajstić information content (AvgIpc) is 3.19. The van der Waals surface area contributed by atoms with E-state index in [0.717, 1.165) is 37.3 Å². The van der Waals surface area contributed by atoms with Crippen LogP contribution in [0.1, 0.15) is 58.8 Å². The number of likely N-dealkylation sites (tertiary alicyclic amines) is 1. The summed E-state index contributed by atoms with van der Waals surface area (Å²) in [6.45, 7) is 9.65. The molecule has 2 saturated carbocycles. The molecule has 0 aromatic carbocycles. The maximum Gasteiger partial charge on any atom is 0.158 e. The number of nitrogens with one attached hydrogen (secondary N) is 1. The largest absolute Gasteiger partial charge is 0.350 e. The summed E-state index contributed by atoms with van der Waals surface area (Å²) in [5, 5.41) is 0. The number of fused-ring (bicyclic) bond motifs is 2. The van der Waals surface area contributed by atoms with E-state index in [9.17, 15) is 0 Å². The number of hydrogen-bond acceptors (Lipinski definition) is 2. The lowest BCUT2D eigenvalue weighted by Gasteiger charge is -2.39. The van der Waals surface area contributed by atoms with E-state index in [-0.39, 0.29) is 6.29 Å². The van der Waals surface area contributed by atoms with Gasteiger partial charge in [-0.1, -0.05) is 13.8 Å². The maximum absolute atomic E-state index is 6.28. The Morgan fingerprint density at radius 3 is 2.64 bits per heavy atom. The molecule has 3 heteroatoms. The molecule has 0 spiro atoms. The normalized spacial score (nSPS) is 44.7. The molecule has 4 aliphatic rings. The van der Waals surface area contributed by atoms with E-state index in [1.165, 1.54) is 51.6 Å². The molecule has 4 fully saturated rings. The molecule has 1 N–H and O–H groups in total. The minimum Gasteiger partial charge on any atom is -0.350 e. The van der Waals surface area contributed by atoms with E-state index in [0.29, 0.717) is 11.5 Å². The zero-order valence-corrected chi connectivity index (χ0v) is 14.5. The molecule has 2 saturated heterocycles. The quantitative estimate of drug-likeness (QED) is 0.861. The Balaban J connectivity index is 1.28. The molecule has 5 atom stereocenters. The van der Waals surface area contributed by atoms with Crippen LogP contribution in [-0.4, -0.2) is 38.6 Å². The second-order valence-corrected chi connectivity index (χ2v) is 8.97. The predicted molar refractivity (Wildman–Crippen MR) is 86.7 cm³/mol. The van der Waals surface area contributed by atoms with Gasteiger partial charge in [0.05, 0.1) is 19.7 Å². The zero-order chi connectivity index (χ0) is 15.2. The van der Waals surface area contributed by atoms with Crippen molar-refractivity contribution >= 4 is 0 Å². The molecule has 2 aliphatic carbocycles. The Bertz CT molecular complexity index is 391. The smallest absolute Gasteiger partial charge is 0.158 e. The lowest BCUT2D eigenvalue weighted by molar-refractivity contribution is -0.907. The highest BCUT2D eigenvalue weighted by molar-refractivity contribution is 5.01. The van der Waals surface area contributed by atoms with Gasteiger partial charge in [0.1, 0.15) is 12.6 Å². The van der Waals surface area contributed by atoms with E-state index in [1.54, 1.807) is 4.90 Å². The van der Waals surface area contributed by atoms with Crippen LogP contribution in [-0.2, 0) is 9.47 Å². The molecular weight excluding hydrogens is 274 g/mol. The Morgan fingerprint density at radius 1 is 1.09 bits per heavy atom. The molecular formula is C19H34NO2+. The van der Waals surface area contributed by atoms with Crippen molar-refractivity contribution < 1.29 is 14.4 Å². The SMILES string of the molecule is CC1(C)[C@H]2CC[C@H](C2)[C@H]1C[C@@H]1OC[C@H](C[NH+]2CCCCC2)O1. The van der Waals surface area contributed by atoms with Crippen molar-refractivity contribution in [3.8, 4) is 0 Å². The summed E-state index contributed by atoms with van der Waals surface area (Å²) in [6.07, 6.45) is 10.2. The molecule has 22 heavy (non-hydrogen) atoms. The fourth-order valence-electron chi connectivity index (χ4n) is 5.99. The zero-order valence-electron chi connectivity index (χ0n) is 14.5. The summed E-state index contributed by atoms with van der Waals surface area (Å²) in [7, 11) is 0. The molecule has 4 rings (SSSR count). The van der Waals surface area contributed by atoms with Crippen molar-refractivity contribution in [3.05, 3.63) is 0 Å². The van der Waals surface area contributed by atoms with Crippen LogP contribution in [0.15, 0.2) is 0 Å². The molecule has 0 aromatic heterocycles. The van der Waals surface area contributed by atoms with Crippen LogP contribution < -0.4 is 4.90 Å². The van der Waals surface area contributed by atoms with Crippen LogP contribution >= 0.6 is 0 Å². The molecule has 3 nitrogen and oxygen atoms in total. The summed E-state index contributed by atoms with van der Waals surface area (Å²) < 4.78 is 12.3. The first-order chi connectivity index (χ1) is 10.6.